The number of hydrogen-bond donors (Lipinski definition) is 13. The van der Waals surface area contributed by atoms with Crippen molar-refractivity contribution in [2.45, 2.75) is 132 Å². The molecule has 0 aliphatic carbocycles. The molecule has 6 aliphatic rings. The Morgan fingerprint density at radius 1 is 0.517 bits per heavy atom. The minimum absolute atomic E-state index is 0.00502. The third-order valence-corrected chi connectivity index (χ3v) is 19.8. The van der Waals surface area contributed by atoms with Gasteiger partial charge in [0, 0.05) is 59.6 Å². The molecule has 1 aromatic heterocycles. The minimum atomic E-state index is -2.05. The number of aliphatic carboxylic acids is 2. The van der Waals surface area contributed by atoms with E-state index >= 15 is 0 Å². The standard InChI is InChI=1S/C76H93N9O33/c1-37-22-49-69(96)84(75(102)112-33-39-8-10-51(45(24-39)65(92)78-12-15-104-4)115-73-61(90)57(86)59(88)63(117-73)71(98)99)47-29-55(53(106-6)27-43(47)67(94)81(49)31-37)110-35-41-26-42(83(80-41)14-17-108-18-19-109-20-21-114-77-3)36-111-56-30-48-44(28-54(56)107-7)68(95)82-32-38(2)23-50(82)70(97)85(48)76(103)113-34-40-9-11-52(46(25-40)66(93)79-13-16-105-5)116-74-62(91)58(87)60(89)64(118-74)72(100)101/h8-11,24-30,49-50,57-64,69-70,73-74,77,86-91,96-97H,1-2,12-23,31-36H2,3-7H3,(H,78,92)(H,79,93)(H,98,99)(H,100,101)/t49-,50-,57-,58-,59-,60-,61+,62+,63-,64-,69?,70?,73+,74+/m0/s1. The quantitative estimate of drug-likeness (QED) is 0.0130. The number of ether oxygens (including phenoxy) is 14. The Morgan fingerprint density at radius 2 is 0.958 bits per heavy atom. The first kappa shape index (κ1) is 87.9. The van der Waals surface area contributed by atoms with Gasteiger partial charge in [0.25, 0.3) is 23.6 Å². The second kappa shape index (κ2) is 39.6. The van der Waals surface area contributed by atoms with Crippen LogP contribution in [0.3, 0.4) is 0 Å². The molecular weight excluding hydrogens is 1570 g/mol. The van der Waals surface area contributed by atoms with Crippen molar-refractivity contribution in [3.63, 3.8) is 0 Å². The van der Waals surface area contributed by atoms with Crippen LogP contribution in [-0.2, 0) is 85.3 Å². The number of methoxy groups -OCH3 is 4. The highest BCUT2D eigenvalue weighted by atomic mass is 16.7. The highest BCUT2D eigenvalue weighted by molar-refractivity contribution is 6.07. The minimum Gasteiger partial charge on any atom is -0.493 e. The molecule has 0 spiro atoms. The largest absolute Gasteiger partial charge is 0.493 e. The topological polar surface area (TPSA) is 544 Å². The molecule has 7 heterocycles. The van der Waals surface area contributed by atoms with Gasteiger partial charge in [-0.15, -0.1) is 0 Å². The fourth-order valence-electron chi connectivity index (χ4n) is 13.8. The van der Waals surface area contributed by atoms with Crippen LogP contribution in [0.5, 0.6) is 34.5 Å². The molecular formula is C76H93N9O33. The lowest BCUT2D eigenvalue weighted by molar-refractivity contribution is -0.271. The van der Waals surface area contributed by atoms with Crippen LogP contribution in [0, 0.1) is 0 Å². The van der Waals surface area contributed by atoms with Crippen LogP contribution in [0.25, 0.3) is 0 Å². The molecule has 11 rings (SSSR count). The van der Waals surface area contributed by atoms with Crippen molar-refractivity contribution >= 4 is 59.1 Å². The van der Waals surface area contributed by atoms with E-state index in [4.69, 9.17) is 76.3 Å². The van der Waals surface area contributed by atoms with E-state index < -0.39 is 147 Å². The number of nitrogens with zero attached hydrogens (tertiary/aromatic N) is 6. The van der Waals surface area contributed by atoms with Crippen LogP contribution in [0.2, 0.25) is 0 Å². The molecule has 5 aromatic rings. The monoisotopic (exact) mass is 1660 g/mol. The summed E-state index contributed by atoms with van der Waals surface area (Å²) >= 11 is 0. The summed E-state index contributed by atoms with van der Waals surface area (Å²) in [6.07, 6.45) is -26.0. The summed E-state index contributed by atoms with van der Waals surface area (Å²) in [5.41, 5.74) is 3.39. The average molecular weight is 1660 g/mol. The molecule has 0 radical (unpaired) electrons. The van der Waals surface area contributed by atoms with Crippen LogP contribution in [-0.4, -0.2) is 312 Å². The summed E-state index contributed by atoms with van der Waals surface area (Å²) in [6, 6.07) is 12.4. The van der Waals surface area contributed by atoms with Crippen molar-refractivity contribution in [2.75, 3.05) is 118 Å². The number of carbonyl (C=O) groups excluding carboxylic acids is 6. The number of aliphatic hydroxyl groups is 8. The number of anilines is 2. The number of carbonyl (C=O) groups is 8. The van der Waals surface area contributed by atoms with E-state index in [9.17, 15) is 89.4 Å². The zero-order valence-electron chi connectivity index (χ0n) is 64.6. The number of fused-ring (bicyclic) bond motifs is 4. The molecule has 4 fully saturated rings. The van der Waals surface area contributed by atoms with Gasteiger partial charge >= 0.3 is 24.1 Å². The first-order valence-corrected chi connectivity index (χ1v) is 37.0. The van der Waals surface area contributed by atoms with Crippen molar-refractivity contribution in [1.29, 1.82) is 0 Å². The summed E-state index contributed by atoms with van der Waals surface area (Å²) < 4.78 is 81.7. The number of benzene rings is 4. The second-order valence-electron chi connectivity index (χ2n) is 27.7. The molecule has 640 valence electrons. The van der Waals surface area contributed by atoms with E-state index in [-0.39, 0.29) is 190 Å². The second-order valence-corrected chi connectivity index (χ2v) is 27.7. The van der Waals surface area contributed by atoms with E-state index in [0.29, 0.717) is 16.8 Å². The summed E-state index contributed by atoms with van der Waals surface area (Å²) in [5, 5.41) is 117. The fraction of sp³-hybridized carbons (Fsp3) is 0.487. The van der Waals surface area contributed by atoms with Gasteiger partial charge in [-0.2, -0.15) is 5.10 Å². The Morgan fingerprint density at radius 3 is 1.39 bits per heavy atom. The van der Waals surface area contributed by atoms with E-state index in [1.807, 2.05) is 0 Å². The smallest absolute Gasteiger partial charge is 0.416 e. The first-order valence-electron chi connectivity index (χ1n) is 37.0. The molecule has 42 heteroatoms. The Balaban J connectivity index is 0.864. The molecule has 14 atom stereocenters. The number of aliphatic hydroxyl groups excluding tert-OH is 8. The lowest BCUT2D eigenvalue weighted by Crippen LogP contribution is -2.61. The van der Waals surface area contributed by atoms with Gasteiger partial charge in [-0.3, -0.25) is 28.7 Å². The number of amides is 6. The van der Waals surface area contributed by atoms with Crippen molar-refractivity contribution in [1.82, 2.24) is 35.7 Å². The number of aromatic nitrogens is 2. The number of hydrogen-bond acceptors (Lipinski definition) is 33. The fourth-order valence-corrected chi connectivity index (χ4v) is 13.8. The molecule has 118 heavy (non-hydrogen) atoms. The Kier molecular flexibility index (Phi) is 29.5. The van der Waals surface area contributed by atoms with Gasteiger partial charge in [0.2, 0.25) is 12.6 Å². The molecule has 4 aromatic carbocycles. The Hall–Kier alpha value is -10.9. The molecule has 6 amide bonds. The van der Waals surface area contributed by atoms with Crippen LogP contribution in [0.1, 0.15) is 76.8 Å². The predicted octanol–water partition coefficient (Wildman–Crippen LogP) is -0.971. The van der Waals surface area contributed by atoms with Gasteiger partial charge in [-0.1, -0.05) is 36.4 Å². The molecule has 42 nitrogen and oxygen atoms in total. The Bertz CT molecular complexity index is 4510. The maximum atomic E-state index is 14.8. The van der Waals surface area contributed by atoms with Crippen molar-refractivity contribution < 1.29 is 161 Å². The third kappa shape index (κ3) is 19.8. The molecule has 0 saturated carbocycles. The van der Waals surface area contributed by atoms with Crippen molar-refractivity contribution in [3.05, 3.63) is 136 Å². The summed E-state index contributed by atoms with van der Waals surface area (Å²) in [7, 11) is 7.02. The summed E-state index contributed by atoms with van der Waals surface area (Å²) in [4.78, 5) is 120. The van der Waals surface area contributed by atoms with Gasteiger partial charge in [-0.05, 0) is 66.4 Å². The van der Waals surface area contributed by atoms with Gasteiger partial charge in [0.05, 0.1) is 118 Å². The molecule has 2 unspecified atom stereocenters. The maximum Gasteiger partial charge on any atom is 0.416 e. The molecule has 4 saturated heterocycles. The van der Waals surface area contributed by atoms with Crippen LogP contribution in [0.15, 0.2) is 91.0 Å². The zero-order chi connectivity index (χ0) is 84.9. The van der Waals surface area contributed by atoms with Crippen LogP contribution < -0.4 is 54.3 Å². The van der Waals surface area contributed by atoms with Gasteiger partial charge in [-0.25, -0.2) is 34.5 Å². The number of carboxylic acid groups (broad SMARTS) is 2. The van der Waals surface area contributed by atoms with Gasteiger partial charge < -0.3 is 138 Å². The summed E-state index contributed by atoms with van der Waals surface area (Å²) in [5.74, 6) is -6.97. The third-order valence-electron chi connectivity index (χ3n) is 19.8. The molecule has 0 bridgehead atoms. The number of hydroxylamine groups is 1. The maximum absolute atomic E-state index is 14.8. The van der Waals surface area contributed by atoms with E-state index in [2.05, 4.69) is 29.3 Å². The number of nitrogens with one attached hydrogen (secondary N) is 3. The predicted molar refractivity (Wildman–Crippen MR) is 399 cm³/mol. The van der Waals surface area contributed by atoms with Crippen molar-refractivity contribution in [3.8, 4) is 34.5 Å². The highest BCUT2D eigenvalue weighted by Gasteiger charge is 2.52. The lowest BCUT2D eigenvalue weighted by atomic mass is 9.99. The van der Waals surface area contributed by atoms with Crippen molar-refractivity contribution in [2.24, 2.45) is 0 Å². The molecule has 13 N–H and O–H groups in total. The first-order chi connectivity index (χ1) is 56.6. The SMILES string of the molecule is C=C1C[C@H]2C(O)N(C(=O)OCc3ccc(O[C@@H]4O[C@H](C(=O)O)[C@@H](O)[C@H](O)[C@H]4O)c(C(=O)NCCOC)c3)c3cc(OCc4cc(COc5cc6c(cc5OC)C(=O)N5CC(=C)C[C@H]5C(O)N6C(=O)OCc5ccc(O[C@@H]6O[C@H](C(=O)O)[C@@H](O)[C@H](O)[C@H]6O)c(C(=O)NCCOC)c5)n(CCOCCOCCONC)n4)c(OC)cc3C(=O)N2C1. The zero-order valence-corrected chi connectivity index (χ0v) is 64.6. The number of rotatable bonds is 36. The van der Waals surface area contributed by atoms with Crippen LogP contribution in [0.4, 0.5) is 21.0 Å². The van der Waals surface area contributed by atoms with Gasteiger partial charge in [0.1, 0.15) is 80.2 Å². The lowest BCUT2D eigenvalue weighted by Gasteiger charge is -2.38. The van der Waals surface area contributed by atoms with Gasteiger partial charge in [0.15, 0.2) is 47.7 Å². The van der Waals surface area contributed by atoms with E-state index in [1.54, 1.807) is 17.8 Å². The molecule has 6 aliphatic heterocycles. The normalized spacial score (nSPS) is 24.0. The highest BCUT2D eigenvalue weighted by Crippen LogP contribution is 2.45. The number of carboxylic acids is 2. The van der Waals surface area contributed by atoms with Crippen LogP contribution >= 0.6 is 0 Å². The average Bonchev–Trinajstić information content (AvgIpc) is 1.59. The Labute approximate surface area is 672 Å². The van der Waals surface area contributed by atoms with E-state index in [1.165, 1.54) is 98.9 Å². The summed E-state index contributed by atoms with van der Waals surface area (Å²) in [6.45, 7) is 7.31. The van der Waals surface area contributed by atoms with E-state index in [0.717, 1.165) is 9.80 Å².